The minimum atomic E-state index is -0.170. The van der Waals surface area contributed by atoms with E-state index in [1.807, 2.05) is 14.1 Å². The number of hydrogen-bond donors (Lipinski definition) is 0. The van der Waals surface area contributed by atoms with E-state index >= 15 is 0 Å². The molecule has 0 bridgehead atoms. The third-order valence-electron chi connectivity index (χ3n) is 7.05. The lowest BCUT2D eigenvalue weighted by atomic mass is 10.1. The molecule has 196 valence electrons. The zero-order valence-corrected chi connectivity index (χ0v) is 21.3. The molecule has 0 unspecified atom stereocenters. The van der Waals surface area contributed by atoms with Crippen molar-refractivity contribution >= 4 is 33.8 Å². The summed E-state index contributed by atoms with van der Waals surface area (Å²) >= 11 is 0. The molecule has 0 saturated carbocycles. The molecule has 0 atom stereocenters. The quantitative estimate of drug-likeness (QED) is 0.459. The van der Waals surface area contributed by atoms with Gasteiger partial charge in [0.05, 0.1) is 10.8 Å². The summed E-state index contributed by atoms with van der Waals surface area (Å²) in [5.74, 6) is 0.757. The number of hydrogen-bond acceptors (Lipinski definition) is 8. The summed E-state index contributed by atoms with van der Waals surface area (Å²) in [6.45, 7) is 5.95. The molecule has 2 amide bonds. The summed E-state index contributed by atoms with van der Waals surface area (Å²) in [4.78, 5) is 46.0. The second-order valence-corrected chi connectivity index (χ2v) is 9.69. The van der Waals surface area contributed by atoms with Crippen LogP contribution in [0.2, 0.25) is 0 Å². The first-order valence-electron chi connectivity index (χ1n) is 12.6. The van der Waals surface area contributed by atoms with Crippen molar-refractivity contribution in [2.24, 2.45) is 0 Å². The smallest absolute Gasteiger partial charge is 0.260 e. The fourth-order valence-electron chi connectivity index (χ4n) is 4.58. The van der Waals surface area contributed by atoms with Crippen LogP contribution >= 0.6 is 0 Å². The number of likely N-dealkylation sites (N-methyl/N-ethyl adjacent to an activating group) is 2. The van der Waals surface area contributed by atoms with Gasteiger partial charge in [-0.15, -0.1) is 0 Å². The molecule has 10 heteroatoms. The van der Waals surface area contributed by atoms with E-state index < -0.39 is 0 Å². The van der Waals surface area contributed by atoms with Crippen molar-refractivity contribution in [3.63, 3.8) is 0 Å². The predicted molar refractivity (Wildman–Crippen MR) is 139 cm³/mol. The van der Waals surface area contributed by atoms with Crippen LogP contribution in [-0.4, -0.2) is 111 Å². The van der Waals surface area contributed by atoms with E-state index in [2.05, 4.69) is 9.80 Å². The molecule has 2 aromatic carbocycles. The van der Waals surface area contributed by atoms with Crippen LogP contribution in [0.5, 0.6) is 11.5 Å². The number of ether oxygens (including phenoxy) is 2. The van der Waals surface area contributed by atoms with Gasteiger partial charge in [0.15, 0.2) is 13.2 Å². The van der Waals surface area contributed by atoms with Gasteiger partial charge in [-0.05, 0) is 38.4 Å². The first-order chi connectivity index (χ1) is 17.9. The van der Waals surface area contributed by atoms with E-state index in [4.69, 9.17) is 13.9 Å². The highest BCUT2D eigenvalue weighted by atomic mass is 16.5. The van der Waals surface area contributed by atoms with E-state index in [1.165, 1.54) is 0 Å². The van der Waals surface area contributed by atoms with Crippen LogP contribution in [-0.2, 0) is 9.59 Å². The van der Waals surface area contributed by atoms with Crippen molar-refractivity contribution in [1.82, 2.24) is 19.6 Å². The minimum absolute atomic E-state index is 0.0685. The Morgan fingerprint density at radius 3 is 1.51 bits per heavy atom. The lowest BCUT2D eigenvalue weighted by Crippen LogP contribution is -2.48. The average molecular weight is 509 g/mol. The minimum Gasteiger partial charge on any atom is -0.484 e. The molecule has 2 aliphatic rings. The van der Waals surface area contributed by atoms with Gasteiger partial charge in [0.1, 0.15) is 22.7 Å². The summed E-state index contributed by atoms with van der Waals surface area (Å²) in [7, 11) is 4.07. The fourth-order valence-corrected chi connectivity index (χ4v) is 4.58. The number of rotatable bonds is 6. The van der Waals surface area contributed by atoms with Crippen molar-refractivity contribution in [3.8, 4) is 11.5 Å². The van der Waals surface area contributed by atoms with Crippen LogP contribution in [0.15, 0.2) is 45.6 Å². The van der Waals surface area contributed by atoms with Gasteiger partial charge in [-0.3, -0.25) is 14.4 Å². The van der Waals surface area contributed by atoms with Crippen LogP contribution < -0.4 is 14.9 Å². The topological polar surface area (TPSA) is 95.8 Å². The summed E-state index contributed by atoms with van der Waals surface area (Å²) in [5, 5.41) is 0.841. The summed E-state index contributed by atoms with van der Waals surface area (Å²) in [6, 6.07) is 9.88. The van der Waals surface area contributed by atoms with Crippen LogP contribution in [0.1, 0.15) is 0 Å². The molecule has 0 N–H and O–H groups in total. The normalized spacial score (nSPS) is 17.4. The van der Waals surface area contributed by atoms with Gasteiger partial charge in [-0.1, -0.05) is 0 Å². The molecule has 37 heavy (non-hydrogen) atoms. The van der Waals surface area contributed by atoms with Crippen LogP contribution in [0.4, 0.5) is 0 Å². The second kappa shape index (κ2) is 10.8. The van der Waals surface area contributed by atoms with Gasteiger partial charge >= 0.3 is 0 Å². The van der Waals surface area contributed by atoms with Crippen LogP contribution in [0, 0.1) is 0 Å². The lowest BCUT2D eigenvalue weighted by Gasteiger charge is -2.32. The zero-order chi connectivity index (χ0) is 25.9. The first-order valence-corrected chi connectivity index (χ1v) is 12.6. The highest BCUT2D eigenvalue weighted by Crippen LogP contribution is 2.26. The molecular formula is C27H32N4O6. The summed E-state index contributed by atoms with van der Waals surface area (Å²) in [6.07, 6.45) is 0. The number of carbonyl (C=O) groups is 2. The van der Waals surface area contributed by atoms with Crippen LogP contribution in [0.3, 0.4) is 0 Å². The van der Waals surface area contributed by atoms with Gasteiger partial charge in [0.25, 0.3) is 11.8 Å². The average Bonchev–Trinajstić information content (AvgIpc) is 2.91. The summed E-state index contributed by atoms with van der Waals surface area (Å²) in [5.41, 5.74) is 0.539. The molecule has 3 aromatic rings. The Kier molecular flexibility index (Phi) is 7.29. The molecule has 0 aliphatic carbocycles. The lowest BCUT2D eigenvalue weighted by molar-refractivity contribution is -0.135. The molecule has 2 saturated heterocycles. The maximum Gasteiger partial charge on any atom is 0.260 e. The van der Waals surface area contributed by atoms with E-state index in [0.29, 0.717) is 59.6 Å². The molecule has 10 nitrogen and oxygen atoms in total. The predicted octanol–water partition coefficient (Wildman–Crippen LogP) is 1.25. The number of fused-ring (bicyclic) bond motifs is 2. The van der Waals surface area contributed by atoms with Gasteiger partial charge in [0, 0.05) is 64.5 Å². The Labute approximate surface area is 214 Å². The fraction of sp³-hybridized carbons (Fsp3) is 0.444. The maximum atomic E-state index is 13.0. The molecule has 3 heterocycles. The Balaban J connectivity index is 1.27. The molecular weight excluding hydrogens is 476 g/mol. The molecule has 2 aliphatic heterocycles. The van der Waals surface area contributed by atoms with E-state index in [0.717, 1.165) is 26.2 Å². The number of benzene rings is 2. The molecule has 5 rings (SSSR count). The van der Waals surface area contributed by atoms with Crippen molar-refractivity contribution in [3.05, 3.63) is 46.6 Å². The molecule has 0 radical (unpaired) electrons. The Morgan fingerprint density at radius 1 is 0.703 bits per heavy atom. The summed E-state index contributed by atoms with van der Waals surface area (Å²) < 4.78 is 17.5. The van der Waals surface area contributed by atoms with Gasteiger partial charge in [-0.25, -0.2) is 0 Å². The molecule has 2 fully saturated rings. The number of amides is 2. The number of carbonyl (C=O) groups excluding carboxylic acids is 2. The highest BCUT2D eigenvalue weighted by molar-refractivity contribution is 5.91. The van der Waals surface area contributed by atoms with Crippen molar-refractivity contribution in [2.45, 2.75) is 0 Å². The van der Waals surface area contributed by atoms with Gasteiger partial charge in [0.2, 0.25) is 5.43 Å². The van der Waals surface area contributed by atoms with E-state index in [1.54, 1.807) is 46.2 Å². The van der Waals surface area contributed by atoms with Crippen molar-refractivity contribution in [2.75, 3.05) is 79.7 Å². The zero-order valence-electron chi connectivity index (χ0n) is 21.3. The maximum absolute atomic E-state index is 13.0. The standard InChI is InChI=1S/C27H32N4O6/c1-28-7-11-30(12-8-28)25(32)17-35-19-3-5-21-23(15-19)37-24-16-20(4-6-22(24)27(21)34)36-18-26(33)31-13-9-29(2)10-14-31/h3-6,15-16H,7-14,17-18H2,1-2H3. The molecule has 0 spiro atoms. The number of nitrogens with zero attached hydrogens (tertiary/aromatic N) is 4. The van der Waals surface area contributed by atoms with E-state index in [9.17, 15) is 14.4 Å². The largest absolute Gasteiger partial charge is 0.484 e. The van der Waals surface area contributed by atoms with Crippen molar-refractivity contribution in [1.29, 1.82) is 0 Å². The highest BCUT2D eigenvalue weighted by Gasteiger charge is 2.21. The second-order valence-electron chi connectivity index (χ2n) is 9.69. The Bertz CT molecular complexity index is 1260. The third-order valence-corrected chi connectivity index (χ3v) is 7.05. The Morgan fingerprint density at radius 2 is 1.11 bits per heavy atom. The van der Waals surface area contributed by atoms with E-state index in [-0.39, 0.29) is 30.5 Å². The van der Waals surface area contributed by atoms with Crippen LogP contribution in [0.25, 0.3) is 21.9 Å². The molecule has 1 aromatic heterocycles. The Hall–Kier alpha value is -3.63. The van der Waals surface area contributed by atoms with Gasteiger partial charge in [-0.2, -0.15) is 0 Å². The number of piperazine rings is 2. The van der Waals surface area contributed by atoms with Crippen molar-refractivity contribution < 1.29 is 23.5 Å². The van der Waals surface area contributed by atoms with Gasteiger partial charge < -0.3 is 33.5 Å². The monoisotopic (exact) mass is 508 g/mol. The SMILES string of the molecule is CN1CCN(C(=O)COc2ccc3c(=O)c4ccc(OCC(=O)N5CCN(C)CC5)cc4oc3c2)CC1. The third kappa shape index (κ3) is 5.70. The first kappa shape index (κ1) is 25.0.